The predicted molar refractivity (Wildman–Crippen MR) is 76.5 cm³/mol. The van der Waals surface area contributed by atoms with E-state index >= 15 is 0 Å². The fourth-order valence-electron chi connectivity index (χ4n) is 2.10. The Hall–Kier alpha value is -1.38. The third-order valence-corrected chi connectivity index (χ3v) is 5.43. The first-order chi connectivity index (χ1) is 9.44. The zero-order chi connectivity index (χ0) is 14.8. The van der Waals surface area contributed by atoms with Crippen LogP contribution in [0.1, 0.15) is 0 Å². The van der Waals surface area contributed by atoms with Crippen LogP contribution in [-0.4, -0.2) is 49.0 Å². The molecule has 0 N–H and O–H groups in total. The van der Waals surface area contributed by atoms with Gasteiger partial charge in [0.25, 0.3) is 5.69 Å². The molecule has 20 heavy (non-hydrogen) atoms. The highest BCUT2D eigenvalue weighted by atomic mass is 35.5. The van der Waals surface area contributed by atoms with Gasteiger partial charge in [-0.2, -0.15) is 4.31 Å². The second kappa shape index (κ2) is 5.94. The molecule has 1 aliphatic rings. The Morgan fingerprint density at radius 2 is 1.90 bits per heavy atom. The highest BCUT2D eigenvalue weighted by Crippen LogP contribution is 2.22. The van der Waals surface area contributed by atoms with E-state index in [2.05, 4.69) is 0 Å². The lowest BCUT2D eigenvalue weighted by molar-refractivity contribution is -0.384. The normalized spacial score (nSPS) is 17.1. The smallest absolute Gasteiger partial charge is 0.271 e. The van der Waals surface area contributed by atoms with Gasteiger partial charge in [0.15, 0.2) is 0 Å². The van der Waals surface area contributed by atoms with Crippen molar-refractivity contribution in [3.8, 4) is 0 Å². The topological polar surface area (TPSA) is 83.8 Å². The van der Waals surface area contributed by atoms with Crippen LogP contribution in [-0.2, 0) is 10.0 Å². The maximum absolute atomic E-state index is 11.6. The first-order valence-electron chi connectivity index (χ1n) is 5.97. The van der Waals surface area contributed by atoms with E-state index in [-0.39, 0.29) is 5.69 Å². The number of alkyl halides is 1. The summed E-state index contributed by atoms with van der Waals surface area (Å²) in [7, 11) is -3.38. The van der Waals surface area contributed by atoms with E-state index < -0.39 is 20.2 Å². The minimum Gasteiger partial charge on any atom is -0.369 e. The molecule has 2 rings (SSSR count). The molecule has 0 bridgehead atoms. The number of piperazine rings is 1. The number of hydrogen-bond donors (Lipinski definition) is 0. The van der Waals surface area contributed by atoms with E-state index in [1.54, 1.807) is 12.1 Å². The van der Waals surface area contributed by atoms with E-state index in [1.165, 1.54) is 16.4 Å². The summed E-state index contributed by atoms with van der Waals surface area (Å²) in [5, 5.41) is 10.3. The number of nitro benzene ring substituents is 1. The summed E-state index contributed by atoms with van der Waals surface area (Å²) in [5.41, 5.74) is 0.750. The summed E-state index contributed by atoms with van der Waals surface area (Å²) in [6, 6.07) is 6.32. The molecule has 1 heterocycles. The van der Waals surface area contributed by atoms with E-state index in [4.69, 9.17) is 11.6 Å². The van der Waals surface area contributed by atoms with Crippen molar-refractivity contribution in [2.45, 2.75) is 0 Å². The molecule has 0 aliphatic carbocycles. The summed E-state index contributed by atoms with van der Waals surface area (Å²) in [6.07, 6.45) is 0. The van der Waals surface area contributed by atoms with Gasteiger partial charge in [-0.05, 0) is 6.07 Å². The predicted octanol–water partition coefficient (Wildman–Crippen LogP) is 1.24. The molecular weight excluding hydrogens is 306 g/mol. The van der Waals surface area contributed by atoms with E-state index in [1.807, 2.05) is 4.90 Å². The molecule has 1 aromatic rings. The molecule has 110 valence electrons. The van der Waals surface area contributed by atoms with Crippen LogP contribution in [0.25, 0.3) is 0 Å². The number of benzene rings is 1. The van der Waals surface area contributed by atoms with Crippen LogP contribution in [0.15, 0.2) is 24.3 Å². The molecule has 1 fully saturated rings. The third-order valence-electron chi connectivity index (χ3n) is 3.18. The van der Waals surface area contributed by atoms with Gasteiger partial charge >= 0.3 is 0 Å². The molecule has 0 amide bonds. The summed E-state index contributed by atoms with van der Waals surface area (Å²) in [4.78, 5) is 12.2. The van der Waals surface area contributed by atoms with Gasteiger partial charge in [-0.3, -0.25) is 10.1 Å². The Morgan fingerprint density at radius 1 is 1.25 bits per heavy atom. The largest absolute Gasteiger partial charge is 0.369 e. The lowest BCUT2D eigenvalue weighted by Gasteiger charge is -2.34. The maximum Gasteiger partial charge on any atom is 0.271 e. The molecule has 0 atom stereocenters. The molecule has 0 unspecified atom stereocenters. The lowest BCUT2D eigenvalue weighted by atomic mass is 10.2. The summed E-state index contributed by atoms with van der Waals surface area (Å²) < 4.78 is 24.6. The van der Waals surface area contributed by atoms with Crippen molar-refractivity contribution in [3.63, 3.8) is 0 Å². The van der Waals surface area contributed by atoms with Gasteiger partial charge in [-0.1, -0.05) is 6.07 Å². The Balaban J connectivity index is 2.08. The van der Waals surface area contributed by atoms with Crippen molar-refractivity contribution in [1.29, 1.82) is 0 Å². The Labute approximate surface area is 121 Å². The minimum absolute atomic E-state index is 0.0262. The standard InChI is InChI=1S/C11H14ClN3O4S/c12-9-20(18,19)14-6-4-13(5-7-14)10-2-1-3-11(8-10)15(16)17/h1-3,8H,4-7,9H2. The van der Waals surface area contributed by atoms with Gasteiger partial charge in [-0.25, -0.2) is 8.42 Å². The summed E-state index contributed by atoms with van der Waals surface area (Å²) >= 11 is 5.42. The number of rotatable bonds is 4. The van der Waals surface area contributed by atoms with Gasteiger partial charge < -0.3 is 4.90 Å². The van der Waals surface area contributed by atoms with Crippen LogP contribution in [0.4, 0.5) is 11.4 Å². The molecule has 0 spiro atoms. The van der Waals surface area contributed by atoms with E-state index in [0.717, 1.165) is 5.69 Å². The number of nitrogens with zero attached hydrogens (tertiary/aromatic N) is 3. The maximum atomic E-state index is 11.6. The second-order valence-corrected chi connectivity index (χ2v) is 6.94. The molecular formula is C11H14ClN3O4S. The van der Waals surface area contributed by atoms with Crippen molar-refractivity contribution in [2.24, 2.45) is 0 Å². The molecule has 0 radical (unpaired) electrons. The monoisotopic (exact) mass is 319 g/mol. The van der Waals surface area contributed by atoms with Crippen molar-refractivity contribution in [3.05, 3.63) is 34.4 Å². The van der Waals surface area contributed by atoms with Crippen molar-refractivity contribution < 1.29 is 13.3 Å². The molecule has 1 saturated heterocycles. The number of anilines is 1. The van der Waals surface area contributed by atoms with E-state index in [0.29, 0.717) is 26.2 Å². The second-order valence-electron chi connectivity index (χ2n) is 4.38. The first kappa shape index (κ1) is 15.0. The van der Waals surface area contributed by atoms with Crippen LogP contribution in [0, 0.1) is 10.1 Å². The molecule has 0 saturated carbocycles. The van der Waals surface area contributed by atoms with Gasteiger partial charge in [0, 0.05) is 44.0 Å². The minimum atomic E-state index is -3.38. The average molecular weight is 320 g/mol. The van der Waals surface area contributed by atoms with Crippen molar-refractivity contribution in [1.82, 2.24) is 4.31 Å². The molecule has 9 heteroatoms. The molecule has 0 aromatic heterocycles. The number of hydrogen-bond acceptors (Lipinski definition) is 5. The summed E-state index contributed by atoms with van der Waals surface area (Å²) in [6.45, 7) is 1.63. The van der Waals surface area contributed by atoms with Gasteiger partial charge in [0.05, 0.1) is 4.92 Å². The number of nitro groups is 1. The number of halogens is 1. The zero-order valence-corrected chi connectivity index (χ0v) is 12.2. The fraction of sp³-hybridized carbons (Fsp3) is 0.455. The van der Waals surface area contributed by atoms with Crippen LogP contribution in [0.2, 0.25) is 0 Å². The Morgan fingerprint density at radius 3 is 2.45 bits per heavy atom. The quantitative estimate of drug-likeness (QED) is 0.473. The van der Waals surface area contributed by atoms with Crippen molar-refractivity contribution in [2.75, 3.05) is 36.3 Å². The summed E-state index contributed by atoms with van der Waals surface area (Å²) in [5.74, 6) is 0. The number of non-ortho nitro benzene ring substituents is 1. The van der Waals surface area contributed by atoms with E-state index in [9.17, 15) is 18.5 Å². The molecule has 7 nitrogen and oxygen atoms in total. The average Bonchev–Trinajstić information content (AvgIpc) is 2.47. The fourth-order valence-corrected chi connectivity index (χ4v) is 3.37. The van der Waals surface area contributed by atoms with Crippen molar-refractivity contribution >= 4 is 33.0 Å². The van der Waals surface area contributed by atoms with Gasteiger partial charge in [-0.15, -0.1) is 11.6 Å². The number of sulfonamides is 1. The first-order valence-corrected chi connectivity index (χ1v) is 8.11. The van der Waals surface area contributed by atoms with Crippen LogP contribution in [0.3, 0.4) is 0 Å². The van der Waals surface area contributed by atoms with Crippen LogP contribution in [0.5, 0.6) is 0 Å². The Kier molecular flexibility index (Phi) is 4.46. The van der Waals surface area contributed by atoms with Crippen LogP contribution < -0.4 is 4.90 Å². The molecule has 1 aromatic carbocycles. The van der Waals surface area contributed by atoms with Crippen LogP contribution >= 0.6 is 11.6 Å². The SMILES string of the molecule is O=[N+]([O-])c1cccc(N2CCN(S(=O)(=O)CCl)CC2)c1. The lowest BCUT2D eigenvalue weighted by Crippen LogP contribution is -2.49. The highest BCUT2D eigenvalue weighted by Gasteiger charge is 2.26. The third kappa shape index (κ3) is 3.20. The Bertz CT molecular complexity index is 599. The van der Waals surface area contributed by atoms with Gasteiger partial charge in [0.2, 0.25) is 10.0 Å². The van der Waals surface area contributed by atoms with Gasteiger partial charge in [0.1, 0.15) is 5.21 Å². The zero-order valence-electron chi connectivity index (χ0n) is 10.6. The molecule has 1 aliphatic heterocycles. The highest BCUT2D eigenvalue weighted by molar-refractivity contribution is 7.90.